The van der Waals surface area contributed by atoms with Gasteiger partial charge >= 0.3 is 12.1 Å². The Kier molecular flexibility index (Phi) is 3.92. The van der Waals surface area contributed by atoms with Crippen molar-refractivity contribution < 1.29 is 27.5 Å². The SMILES string of the molecule is O=C(O)CC(c1cc(Cl)cnc1F)C(F)(F)F. The fraction of sp³-hybridized carbons (Fsp3) is 0.333. The Labute approximate surface area is 98.0 Å². The molecule has 17 heavy (non-hydrogen) atoms. The number of nitrogens with zero attached hydrogens (tertiary/aromatic N) is 1. The normalized spacial score (nSPS) is 13.5. The maximum Gasteiger partial charge on any atom is 0.396 e. The number of carbonyl (C=O) groups is 1. The predicted octanol–water partition coefficient (Wildman–Crippen LogP) is 2.99. The third-order valence-corrected chi connectivity index (χ3v) is 2.19. The molecule has 3 nitrogen and oxygen atoms in total. The molecule has 1 unspecified atom stereocenters. The molecule has 0 aliphatic heterocycles. The molecule has 94 valence electrons. The molecular weight excluding hydrogens is 266 g/mol. The minimum Gasteiger partial charge on any atom is -0.481 e. The minimum absolute atomic E-state index is 0.193. The summed E-state index contributed by atoms with van der Waals surface area (Å²) in [5.41, 5.74) is -0.868. The molecule has 1 N–H and O–H groups in total. The van der Waals surface area contributed by atoms with Gasteiger partial charge in [-0.1, -0.05) is 11.6 Å². The highest BCUT2D eigenvalue weighted by Gasteiger charge is 2.43. The number of halogens is 5. The highest BCUT2D eigenvalue weighted by Crippen LogP contribution is 2.38. The van der Waals surface area contributed by atoms with Gasteiger partial charge in [0.25, 0.3) is 0 Å². The first-order valence-corrected chi connectivity index (χ1v) is 4.69. The van der Waals surface area contributed by atoms with Crippen LogP contribution in [-0.4, -0.2) is 22.2 Å². The van der Waals surface area contributed by atoms with Gasteiger partial charge in [0.2, 0.25) is 5.95 Å². The molecule has 1 aromatic heterocycles. The molecule has 0 saturated carbocycles. The zero-order valence-corrected chi connectivity index (χ0v) is 8.89. The van der Waals surface area contributed by atoms with E-state index in [1.165, 1.54) is 0 Å². The van der Waals surface area contributed by atoms with Gasteiger partial charge in [-0.15, -0.1) is 0 Å². The highest BCUT2D eigenvalue weighted by molar-refractivity contribution is 6.30. The molecule has 0 saturated heterocycles. The van der Waals surface area contributed by atoms with Crippen LogP contribution in [-0.2, 0) is 4.79 Å². The van der Waals surface area contributed by atoms with Gasteiger partial charge in [-0.3, -0.25) is 4.79 Å². The summed E-state index contributed by atoms with van der Waals surface area (Å²) in [7, 11) is 0. The van der Waals surface area contributed by atoms with E-state index in [1.54, 1.807) is 0 Å². The first-order chi connectivity index (χ1) is 7.71. The zero-order chi connectivity index (χ0) is 13.2. The van der Waals surface area contributed by atoms with E-state index in [1.807, 2.05) is 0 Å². The van der Waals surface area contributed by atoms with E-state index in [0.717, 1.165) is 12.3 Å². The number of aromatic nitrogens is 1. The highest BCUT2D eigenvalue weighted by atomic mass is 35.5. The molecule has 1 aromatic rings. The maximum absolute atomic E-state index is 13.1. The van der Waals surface area contributed by atoms with Gasteiger partial charge in [-0.05, 0) is 6.07 Å². The fourth-order valence-corrected chi connectivity index (χ4v) is 1.43. The summed E-state index contributed by atoms with van der Waals surface area (Å²) in [5, 5.41) is 8.20. The van der Waals surface area contributed by atoms with Crippen LogP contribution in [0.3, 0.4) is 0 Å². The van der Waals surface area contributed by atoms with Crippen LogP contribution >= 0.6 is 11.6 Å². The lowest BCUT2D eigenvalue weighted by molar-refractivity contribution is -0.163. The molecule has 1 atom stereocenters. The second-order valence-electron chi connectivity index (χ2n) is 3.23. The first-order valence-electron chi connectivity index (χ1n) is 4.31. The Balaban J connectivity index is 3.21. The number of alkyl halides is 3. The quantitative estimate of drug-likeness (QED) is 0.679. The van der Waals surface area contributed by atoms with Crippen molar-refractivity contribution in [2.75, 3.05) is 0 Å². The second-order valence-corrected chi connectivity index (χ2v) is 3.66. The predicted molar refractivity (Wildman–Crippen MR) is 50.3 cm³/mol. The number of hydrogen-bond donors (Lipinski definition) is 1. The largest absolute Gasteiger partial charge is 0.481 e. The Bertz CT molecular complexity index is 435. The van der Waals surface area contributed by atoms with Crippen LogP contribution in [0.25, 0.3) is 0 Å². The second kappa shape index (κ2) is 4.87. The molecule has 0 aromatic carbocycles. The molecule has 0 aliphatic rings. The van der Waals surface area contributed by atoms with Crippen molar-refractivity contribution >= 4 is 17.6 Å². The third kappa shape index (κ3) is 3.55. The van der Waals surface area contributed by atoms with E-state index in [0.29, 0.717) is 0 Å². The van der Waals surface area contributed by atoms with Gasteiger partial charge in [0.15, 0.2) is 0 Å². The van der Waals surface area contributed by atoms with Crippen molar-refractivity contribution in [3.05, 3.63) is 28.8 Å². The van der Waals surface area contributed by atoms with Crippen LogP contribution in [0.5, 0.6) is 0 Å². The van der Waals surface area contributed by atoms with Crippen molar-refractivity contribution in [3.8, 4) is 0 Å². The van der Waals surface area contributed by atoms with Crippen molar-refractivity contribution in [2.45, 2.75) is 18.5 Å². The third-order valence-electron chi connectivity index (χ3n) is 1.98. The van der Waals surface area contributed by atoms with Crippen molar-refractivity contribution in [1.29, 1.82) is 0 Å². The topological polar surface area (TPSA) is 50.2 Å². The lowest BCUT2D eigenvalue weighted by Crippen LogP contribution is -2.25. The monoisotopic (exact) mass is 271 g/mol. The van der Waals surface area contributed by atoms with E-state index in [9.17, 15) is 22.4 Å². The minimum atomic E-state index is -4.88. The molecule has 0 fully saturated rings. The van der Waals surface area contributed by atoms with E-state index in [-0.39, 0.29) is 5.02 Å². The molecule has 0 radical (unpaired) electrons. The summed E-state index contributed by atoms with van der Waals surface area (Å²) >= 11 is 5.40. The molecule has 1 heterocycles. The molecule has 0 bridgehead atoms. The summed E-state index contributed by atoms with van der Waals surface area (Å²) in [6.07, 6.45) is -5.32. The molecular formula is C9H6ClF4NO2. The Hall–Kier alpha value is -1.37. The Morgan fingerprint density at radius 2 is 2.12 bits per heavy atom. The molecule has 1 rings (SSSR count). The van der Waals surface area contributed by atoms with Gasteiger partial charge in [0.1, 0.15) is 0 Å². The van der Waals surface area contributed by atoms with E-state index < -0.39 is 36.0 Å². The number of hydrogen-bond acceptors (Lipinski definition) is 2. The molecule has 0 aliphatic carbocycles. The maximum atomic E-state index is 13.1. The van der Waals surface area contributed by atoms with Gasteiger partial charge in [0.05, 0.1) is 17.4 Å². The smallest absolute Gasteiger partial charge is 0.396 e. The van der Waals surface area contributed by atoms with Crippen LogP contribution < -0.4 is 0 Å². The number of aliphatic carboxylic acids is 1. The van der Waals surface area contributed by atoms with E-state index in [2.05, 4.69) is 4.98 Å². The average Bonchev–Trinajstić information content (AvgIpc) is 2.16. The lowest BCUT2D eigenvalue weighted by atomic mass is 9.96. The van der Waals surface area contributed by atoms with Gasteiger partial charge in [-0.25, -0.2) is 4.98 Å². The number of carboxylic acid groups (broad SMARTS) is 1. The summed E-state index contributed by atoms with van der Waals surface area (Å²) in [6.45, 7) is 0. The molecule has 0 spiro atoms. The Morgan fingerprint density at radius 3 is 2.59 bits per heavy atom. The number of rotatable bonds is 3. The zero-order valence-electron chi connectivity index (χ0n) is 8.13. The molecule has 8 heteroatoms. The standard InChI is InChI=1S/C9H6ClF4NO2/c10-4-1-5(8(11)15-3-4)6(2-7(16)17)9(12,13)14/h1,3,6H,2H2,(H,16,17). The number of pyridine rings is 1. The van der Waals surface area contributed by atoms with E-state index in [4.69, 9.17) is 16.7 Å². The van der Waals surface area contributed by atoms with Crippen molar-refractivity contribution in [2.24, 2.45) is 0 Å². The van der Waals surface area contributed by atoms with E-state index >= 15 is 0 Å². The Morgan fingerprint density at radius 1 is 1.53 bits per heavy atom. The first kappa shape index (κ1) is 13.7. The summed E-state index contributed by atoms with van der Waals surface area (Å²) in [4.78, 5) is 13.4. The van der Waals surface area contributed by atoms with Gasteiger partial charge < -0.3 is 5.11 Å². The summed E-state index contributed by atoms with van der Waals surface area (Å²) in [6, 6.07) is 0.727. The average molecular weight is 272 g/mol. The lowest BCUT2D eigenvalue weighted by Gasteiger charge is -2.19. The number of carboxylic acids is 1. The van der Waals surface area contributed by atoms with Crippen LogP contribution in [0, 0.1) is 5.95 Å². The van der Waals surface area contributed by atoms with Crippen LogP contribution in [0.1, 0.15) is 17.9 Å². The summed E-state index contributed by atoms with van der Waals surface area (Å²) in [5.74, 6) is -5.53. The van der Waals surface area contributed by atoms with Gasteiger partial charge in [-0.2, -0.15) is 17.6 Å². The molecule has 0 amide bonds. The summed E-state index contributed by atoms with van der Waals surface area (Å²) < 4.78 is 50.9. The van der Waals surface area contributed by atoms with Crippen molar-refractivity contribution in [3.63, 3.8) is 0 Å². The van der Waals surface area contributed by atoms with Crippen molar-refractivity contribution in [1.82, 2.24) is 4.98 Å². The van der Waals surface area contributed by atoms with Crippen LogP contribution in [0.4, 0.5) is 17.6 Å². The van der Waals surface area contributed by atoms with Gasteiger partial charge in [0, 0.05) is 11.8 Å². The van der Waals surface area contributed by atoms with Crippen LogP contribution in [0.15, 0.2) is 12.3 Å². The van der Waals surface area contributed by atoms with Crippen LogP contribution in [0.2, 0.25) is 5.02 Å². The fourth-order valence-electron chi connectivity index (χ4n) is 1.26.